The summed E-state index contributed by atoms with van der Waals surface area (Å²) < 4.78 is 0. The zero-order valence-corrected chi connectivity index (χ0v) is 12.1. The Morgan fingerprint density at radius 2 is 2.37 bits per heavy atom. The van der Waals surface area contributed by atoms with Gasteiger partial charge in [0.1, 0.15) is 4.88 Å². The predicted molar refractivity (Wildman–Crippen MR) is 75.5 cm³/mol. The number of aromatic nitrogens is 1. The van der Waals surface area contributed by atoms with Gasteiger partial charge in [0.2, 0.25) is 5.91 Å². The molecule has 0 saturated carbocycles. The molecule has 0 saturated heterocycles. The van der Waals surface area contributed by atoms with E-state index in [0.717, 1.165) is 25.0 Å². The molecular weight excluding hydrogens is 262 g/mol. The second-order valence-corrected chi connectivity index (χ2v) is 5.92. The minimum Gasteiger partial charge on any atom is -0.351 e. The van der Waals surface area contributed by atoms with Crippen molar-refractivity contribution in [3.63, 3.8) is 0 Å². The predicted octanol–water partition coefficient (Wildman–Crippen LogP) is 2.19. The molecule has 1 aliphatic heterocycles. The number of carbonyl (C=O) groups is 2. The zero-order valence-electron chi connectivity index (χ0n) is 11.3. The van der Waals surface area contributed by atoms with Crippen LogP contribution >= 0.6 is 11.3 Å². The number of thiazole rings is 1. The van der Waals surface area contributed by atoms with Gasteiger partial charge in [-0.15, -0.1) is 0 Å². The van der Waals surface area contributed by atoms with Gasteiger partial charge in [-0.2, -0.15) is 0 Å². The molecule has 5 nitrogen and oxygen atoms in total. The molecule has 1 atom stereocenters. The number of anilines is 1. The Labute approximate surface area is 116 Å². The van der Waals surface area contributed by atoms with Gasteiger partial charge in [-0.05, 0) is 18.8 Å². The summed E-state index contributed by atoms with van der Waals surface area (Å²) in [5.74, 6) is 0.257. The summed E-state index contributed by atoms with van der Waals surface area (Å²) >= 11 is 1.26. The molecule has 6 heteroatoms. The largest absolute Gasteiger partial charge is 0.351 e. The Kier molecular flexibility index (Phi) is 4.52. The first-order chi connectivity index (χ1) is 9.10. The van der Waals surface area contributed by atoms with Crippen LogP contribution in [0.2, 0.25) is 0 Å². The molecule has 1 aliphatic rings. The Bertz CT molecular complexity index is 484. The fourth-order valence-electron chi connectivity index (χ4n) is 1.92. The summed E-state index contributed by atoms with van der Waals surface area (Å²) in [6.07, 6.45) is 3.14. The molecule has 2 amide bonds. The Morgan fingerprint density at radius 3 is 3.11 bits per heavy atom. The monoisotopic (exact) mass is 281 g/mol. The van der Waals surface area contributed by atoms with Crippen LogP contribution in [-0.4, -0.2) is 23.3 Å². The highest BCUT2D eigenvalue weighted by atomic mass is 32.1. The van der Waals surface area contributed by atoms with Crippen LogP contribution in [0, 0.1) is 5.92 Å². The van der Waals surface area contributed by atoms with Crippen molar-refractivity contribution in [3.8, 4) is 0 Å². The van der Waals surface area contributed by atoms with Gasteiger partial charge in [-0.1, -0.05) is 31.6 Å². The lowest BCUT2D eigenvalue weighted by Gasteiger charge is -2.06. The molecule has 0 spiro atoms. The molecule has 2 rings (SSSR count). The number of amides is 2. The highest BCUT2D eigenvalue weighted by Gasteiger charge is 2.21. The summed E-state index contributed by atoms with van der Waals surface area (Å²) in [6.45, 7) is 4.80. The van der Waals surface area contributed by atoms with Gasteiger partial charge in [0.15, 0.2) is 5.13 Å². The van der Waals surface area contributed by atoms with E-state index in [1.165, 1.54) is 11.3 Å². The SMILES string of the molecule is CCC(C)CC(=O)Nc1nc2c(s1)C(=O)NCCC2. The molecule has 0 fully saturated rings. The van der Waals surface area contributed by atoms with Crippen LogP contribution in [0.15, 0.2) is 0 Å². The van der Waals surface area contributed by atoms with Crippen molar-refractivity contribution < 1.29 is 9.59 Å². The fourth-order valence-corrected chi connectivity index (χ4v) is 2.87. The lowest BCUT2D eigenvalue weighted by atomic mass is 10.1. The molecule has 0 radical (unpaired) electrons. The maximum absolute atomic E-state index is 11.8. The van der Waals surface area contributed by atoms with E-state index in [4.69, 9.17) is 0 Å². The third kappa shape index (κ3) is 3.53. The number of fused-ring (bicyclic) bond motifs is 1. The van der Waals surface area contributed by atoms with Crippen molar-refractivity contribution in [3.05, 3.63) is 10.6 Å². The summed E-state index contributed by atoms with van der Waals surface area (Å²) in [7, 11) is 0. The van der Waals surface area contributed by atoms with E-state index < -0.39 is 0 Å². The van der Waals surface area contributed by atoms with Gasteiger partial charge >= 0.3 is 0 Å². The molecule has 104 valence electrons. The van der Waals surface area contributed by atoms with Gasteiger partial charge in [0, 0.05) is 13.0 Å². The Morgan fingerprint density at radius 1 is 1.58 bits per heavy atom. The molecule has 1 aromatic heterocycles. The third-order valence-corrected chi connectivity index (χ3v) is 4.27. The first-order valence-electron chi connectivity index (χ1n) is 6.68. The quantitative estimate of drug-likeness (QED) is 0.888. The van der Waals surface area contributed by atoms with Crippen molar-refractivity contribution in [2.24, 2.45) is 5.92 Å². The first-order valence-corrected chi connectivity index (χ1v) is 7.49. The standard InChI is InChI=1S/C13H19N3O2S/c1-3-8(2)7-10(17)16-13-15-9-5-4-6-14-12(18)11(9)19-13/h8H,3-7H2,1-2H3,(H,14,18)(H,15,16,17). The number of hydrogen-bond acceptors (Lipinski definition) is 4. The van der Waals surface area contributed by atoms with Gasteiger partial charge in [0.25, 0.3) is 5.91 Å². The molecular formula is C13H19N3O2S. The van der Waals surface area contributed by atoms with Gasteiger partial charge in [-0.3, -0.25) is 9.59 Å². The van der Waals surface area contributed by atoms with Gasteiger partial charge < -0.3 is 10.6 Å². The van der Waals surface area contributed by atoms with Crippen LogP contribution in [0.3, 0.4) is 0 Å². The maximum Gasteiger partial charge on any atom is 0.263 e. The highest BCUT2D eigenvalue weighted by Crippen LogP contribution is 2.25. The van der Waals surface area contributed by atoms with Crippen molar-refractivity contribution in [1.29, 1.82) is 0 Å². The summed E-state index contributed by atoms with van der Waals surface area (Å²) in [6, 6.07) is 0. The minimum atomic E-state index is -0.0765. The molecule has 1 aromatic rings. The van der Waals surface area contributed by atoms with Crippen molar-refractivity contribution in [2.75, 3.05) is 11.9 Å². The number of rotatable bonds is 4. The van der Waals surface area contributed by atoms with E-state index in [9.17, 15) is 9.59 Å². The highest BCUT2D eigenvalue weighted by molar-refractivity contribution is 7.17. The number of carbonyl (C=O) groups excluding carboxylic acids is 2. The molecule has 0 aliphatic carbocycles. The molecule has 0 aromatic carbocycles. The minimum absolute atomic E-state index is 0.0290. The van der Waals surface area contributed by atoms with Crippen molar-refractivity contribution >= 4 is 28.3 Å². The smallest absolute Gasteiger partial charge is 0.263 e. The maximum atomic E-state index is 11.8. The summed E-state index contributed by atoms with van der Waals surface area (Å²) in [5.41, 5.74) is 0.804. The number of aryl methyl sites for hydroxylation is 1. The third-order valence-electron chi connectivity index (χ3n) is 3.26. The normalized spacial score (nSPS) is 16.2. The molecule has 2 heterocycles. The second kappa shape index (κ2) is 6.14. The average molecular weight is 281 g/mol. The number of hydrogen-bond donors (Lipinski definition) is 2. The number of nitrogens with one attached hydrogen (secondary N) is 2. The Hall–Kier alpha value is -1.43. The van der Waals surface area contributed by atoms with Crippen LogP contribution in [0.25, 0.3) is 0 Å². The van der Waals surface area contributed by atoms with E-state index in [-0.39, 0.29) is 11.8 Å². The average Bonchev–Trinajstić information content (AvgIpc) is 2.69. The van der Waals surface area contributed by atoms with Crippen LogP contribution in [-0.2, 0) is 11.2 Å². The summed E-state index contributed by atoms with van der Waals surface area (Å²) in [5, 5.41) is 6.16. The second-order valence-electron chi connectivity index (χ2n) is 4.92. The van der Waals surface area contributed by atoms with E-state index >= 15 is 0 Å². The molecule has 2 N–H and O–H groups in total. The number of nitrogens with zero attached hydrogens (tertiary/aromatic N) is 1. The zero-order chi connectivity index (χ0) is 13.8. The van der Waals surface area contributed by atoms with Crippen LogP contribution < -0.4 is 10.6 Å². The van der Waals surface area contributed by atoms with Crippen molar-refractivity contribution in [2.45, 2.75) is 39.5 Å². The lowest BCUT2D eigenvalue weighted by Crippen LogP contribution is -2.21. The van der Waals surface area contributed by atoms with E-state index in [1.807, 2.05) is 6.92 Å². The molecule has 19 heavy (non-hydrogen) atoms. The van der Waals surface area contributed by atoms with E-state index in [1.54, 1.807) is 0 Å². The van der Waals surface area contributed by atoms with Crippen LogP contribution in [0.5, 0.6) is 0 Å². The van der Waals surface area contributed by atoms with Crippen molar-refractivity contribution in [1.82, 2.24) is 10.3 Å². The Balaban J connectivity index is 2.04. The fraction of sp³-hybridized carbons (Fsp3) is 0.615. The molecule has 1 unspecified atom stereocenters. The van der Waals surface area contributed by atoms with Crippen LogP contribution in [0.4, 0.5) is 5.13 Å². The van der Waals surface area contributed by atoms with Gasteiger partial charge in [-0.25, -0.2) is 4.98 Å². The summed E-state index contributed by atoms with van der Waals surface area (Å²) in [4.78, 5) is 28.6. The lowest BCUT2D eigenvalue weighted by molar-refractivity contribution is -0.117. The van der Waals surface area contributed by atoms with E-state index in [2.05, 4.69) is 22.5 Å². The van der Waals surface area contributed by atoms with Crippen LogP contribution in [0.1, 0.15) is 48.5 Å². The first kappa shape index (κ1) is 14.0. The van der Waals surface area contributed by atoms with Gasteiger partial charge in [0.05, 0.1) is 5.69 Å². The topological polar surface area (TPSA) is 71.1 Å². The van der Waals surface area contributed by atoms with E-state index in [0.29, 0.717) is 28.9 Å². The molecule has 0 bridgehead atoms.